The fourth-order valence-electron chi connectivity index (χ4n) is 7.86. The molecule has 58 heavy (non-hydrogen) atoms. The Balaban J connectivity index is 0.925. The van der Waals surface area contributed by atoms with E-state index in [4.69, 9.17) is 0 Å². The van der Waals surface area contributed by atoms with Crippen molar-refractivity contribution in [2.45, 2.75) is 13.1 Å². The van der Waals surface area contributed by atoms with Crippen molar-refractivity contribution in [3.63, 3.8) is 0 Å². The van der Waals surface area contributed by atoms with Gasteiger partial charge in [-0.15, -0.1) is 9.36 Å². The number of para-hydroxylation sites is 1. The second-order valence-electron chi connectivity index (χ2n) is 14.5. The third-order valence-electron chi connectivity index (χ3n) is 10.8. The third-order valence-corrected chi connectivity index (χ3v) is 10.8. The Morgan fingerprint density at radius 1 is 0.621 bits per heavy atom. The monoisotopic (exact) mass is 767 g/mol. The molecular formula is C46H33F2N8O2+. The maximum absolute atomic E-state index is 15.7. The molecule has 10 rings (SSSR count). The van der Waals surface area contributed by atoms with Crippen molar-refractivity contribution in [1.29, 1.82) is 0 Å². The van der Waals surface area contributed by atoms with Crippen molar-refractivity contribution in [2.24, 2.45) is 14.1 Å². The van der Waals surface area contributed by atoms with Crippen molar-refractivity contribution in [3.05, 3.63) is 184 Å². The van der Waals surface area contributed by atoms with E-state index in [1.807, 2.05) is 103 Å². The molecule has 0 aliphatic rings. The Kier molecular flexibility index (Phi) is 8.15. The second-order valence-corrected chi connectivity index (χ2v) is 14.5. The van der Waals surface area contributed by atoms with Crippen molar-refractivity contribution in [1.82, 2.24) is 33.6 Å². The SMILES string of the molecule is Cn1cc2cc(-c3ccc(Cn4cnc5cc(-n6c7cccc(-c8ccc(Cn9cnc%10ccccc%10c9=O)c(F)c8)c7c[n+]6C)ccc5c4=O)c(F)c3)ccc2n1. The van der Waals surface area contributed by atoms with Gasteiger partial charge in [0.1, 0.15) is 22.8 Å². The van der Waals surface area contributed by atoms with Gasteiger partial charge in [-0.05, 0) is 82.9 Å². The van der Waals surface area contributed by atoms with E-state index in [0.717, 1.165) is 44.2 Å². The van der Waals surface area contributed by atoms with E-state index < -0.39 is 11.6 Å². The number of hydrogen-bond donors (Lipinski definition) is 0. The summed E-state index contributed by atoms with van der Waals surface area (Å²) in [5, 5.41) is 7.16. The maximum Gasteiger partial charge on any atom is 0.261 e. The molecule has 0 bridgehead atoms. The van der Waals surface area contributed by atoms with Crippen LogP contribution in [-0.4, -0.2) is 33.6 Å². The standard InChI is InChI=1S/C46H33F2N8O2/c1-52-22-33-18-28(14-17-41(33)51-52)29-10-12-31(39(47)19-29)23-55-27-50-43-21-34(15-16-37(43)46(55)58)56-44-9-5-7-35(38(44)25-53(56)2)30-11-13-32(40(48)20-30)24-54-26-49-42-8-4-3-6-36(42)45(54)57/h3-22,25-27H,23-24H2,1-2H3/q+1. The van der Waals surface area contributed by atoms with Crippen LogP contribution < -0.4 is 15.8 Å². The minimum atomic E-state index is -0.427. The predicted octanol–water partition coefficient (Wildman–Crippen LogP) is 7.47. The summed E-state index contributed by atoms with van der Waals surface area (Å²) in [6.07, 6.45) is 6.80. The number of hydrogen-bond acceptors (Lipinski definition) is 5. The van der Waals surface area contributed by atoms with Gasteiger partial charge in [-0.25, -0.2) is 18.7 Å². The van der Waals surface area contributed by atoms with Crippen LogP contribution in [0.3, 0.4) is 0 Å². The number of aryl methyl sites for hydroxylation is 2. The van der Waals surface area contributed by atoms with Crippen molar-refractivity contribution in [2.75, 3.05) is 0 Å². The molecule has 10 aromatic rings. The summed E-state index contributed by atoms with van der Waals surface area (Å²) >= 11 is 0. The van der Waals surface area contributed by atoms with E-state index in [1.165, 1.54) is 33.9 Å². The molecule has 0 radical (unpaired) electrons. The lowest BCUT2D eigenvalue weighted by Gasteiger charge is -2.11. The van der Waals surface area contributed by atoms with Crippen molar-refractivity contribution < 1.29 is 13.5 Å². The van der Waals surface area contributed by atoms with Crippen molar-refractivity contribution in [3.8, 4) is 27.9 Å². The van der Waals surface area contributed by atoms with Gasteiger partial charge in [0, 0.05) is 29.8 Å². The summed E-state index contributed by atoms with van der Waals surface area (Å²) in [4.78, 5) is 35.7. The quantitative estimate of drug-likeness (QED) is 0.157. The number of nitrogens with zero attached hydrogens (tertiary/aromatic N) is 8. The van der Waals surface area contributed by atoms with Gasteiger partial charge in [0.05, 0.1) is 58.5 Å². The zero-order valence-corrected chi connectivity index (χ0v) is 31.3. The number of aromatic nitrogens is 8. The highest BCUT2D eigenvalue weighted by molar-refractivity contribution is 5.95. The normalized spacial score (nSPS) is 11.7. The molecule has 0 saturated carbocycles. The highest BCUT2D eigenvalue weighted by Gasteiger charge is 2.20. The van der Waals surface area contributed by atoms with Gasteiger partial charge in [-0.2, -0.15) is 5.10 Å². The summed E-state index contributed by atoms with van der Waals surface area (Å²) in [5.74, 6) is -0.838. The minimum absolute atomic E-state index is 0.0258. The first-order valence-electron chi connectivity index (χ1n) is 18.6. The van der Waals surface area contributed by atoms with Crippen LogP contribution in [0.1, 0.15) is 11.1 Å². The van der Waals surface area contributed by atoms with E-state index >= 15 is 8.78 Å². The zero-order valence-electron chi connectivity index (χ0n) is 31.3. The molecule has 0 aliphatic carbocycles. The molecule has 282 valence electrons. The van der Waals surface area contributed by atoms with Gasteiger partial charge < -0.3 is 0 Å². The first kappa shape index (κ1) is 34.9. The topological polar surface area (TPSA) is 96.4 Å². The van der Waals surface area contributed by atoms with Crippen LogP contribution in [0.4, 0.5) is 8.78 Å². The molecule has 12 heteroatoms. The fourth-order valence-corrected chi connectivity index (χ4v) is 7.86. The summed E-state index contributed by atoms with van der Waals surface area (Å²) in [7, 11) is 3.78. The summed E-state index contributed by atoms with van der Waals surface area (Å²) in [6.45, 7) is 0.0759. The van der Waals surface area contributed by atoms with Crippen LogP contribution in [0.15, 0.2) is 150 Å². The van der Waals surface area contributed by atoms with E-state index in [-0.39, 0.29) is 24.2 Å². The molecule has 0 fully saturated rings. The molecule has 6 aromatic carbocycles. The van der Waals surface area contributed by atoms with Gasteiger partial charge in [0.25, 0.3) is 11.1 Å². The Morgan fingerprint density at radius 2 is 1.28 bits per heavy atom. The van der Waals surface area contributed by atoms with E-state index in [9.17, 15) is 9.59 Å². The lowest BCUT2D eigenvalue weighted by atomic mass is 10.00. The van der Waals surface area contributed by atoms with Gasteiger partial charge >= 0.3 is 0 Å². The minimum Gasteiger partial charge on any atom is -0.294 e. The number of fused-ring (bicyclic) bond motifs is 4. The van der Waals surface area contributed by atoms with Gasteiger partial charge in [-0.1, -0.05) is 54.6 Å². The van der Waals surface area contributed by atoms with E-state index in [2.05, 4.69) is 15.1 Å². The van der Waals surface area contributed by atoms with Crippen LogP contribution in [0.25, 0.3) is 71.6 Å². The van der Waals surface area contributed by atoms with Crippen LogP contribution in [0.5, 0.6) is 0 Å². The molecule has 0 unspecified atom stereocenters. The average Bonchev–Trinajstić information content (AvgIpc) is 3.78. The first-order chi connectivity index (χ1) is 28.2. The zero-order chi connectivity index (χ0) is 39.7. The summed E-state index contributed by atoms with van der Waals surface area (Å²) in [6, 6.07) is 34.3. The number of rotatable bonds is 7. The largest absolute Gasteiger partial charge is 0.294 e. The molecular weight excluding hydrogens is 735 g/mol. The van der Waals surface area contributed by atoms with E-state index in [1.54, 1.807) is 41.1 Å². The number of halogens is 2. The lowest BCUT2D eigenvalue weighted by molar-refractivity contribution is -0.741. The summed E-state index contributed by atoms with van der Waals surface area (Å²) in [5.41, 5.74) is 6.97. The molecule has 0 amide bonds. The average molecular weight is 768 g/mol. The lowest BCUT2D eigenvalue weighted by Crippen LogP contribution is -2.36. The van der Waals surface area contributed by atoms with Gasteiger partial charge in [0.2, 0.25) is 6.20 Å². The smallest absolute Gasteiger partial charge is 0.261 e. The molecule has 4 heterocycles. The predicted molar refractivity (Wildman–Crippen MR) is 220 cm³/mol. The number of benzene rings is 6. The van der Waals surface area contributed by atoms with Crippen LogP contribution in [0.2, 0.25) is 0 Å². The molecule has 4 aromatic heterocycles. The van der Waals surface area contributed by atoms with Crippen LogP contribution in [0, 0.1) is 11.6 Å². The molecule has 0 aliphatic heterocycles. The van der Waals surface area contributed by atoms with Gasteiger partial charge in [-0.3, -0.25) is 23.4 Å². The Labute approximate surface area is 328 Å². The van der Waals surface area contributed by atoms with Crippen LogP contribution >= 0.6 is 0 Å². The van der Waals surface area contributed by atoms with Crippen LogP contribution in [-0.2, 0) is 27.2 Å². The molecule has 10 nitrogen and oxygen atoms in total. The highest BCUT2D eigenvalue weighted by Crippen LogP contribution is 2.31. The fraction of sp³-hybridized carbons (Fsp3) is 0.0870. The molecule has 0 saturated heterocycles. The molecule has 0 atom stereocenters. The highest BCUT2D eigenvalue weighted by atomic mass is 19.1. The Morgan fingerprint density at radius 3 is 2.03 bits per heavy atom. The van der Waals surface area contributed by atoms with E-state index in [0.29, 0.717) is 38.5 Å². The van der Waals surface area contributed by atoms with Crippen molar-refractivity contribution >= 4 is 43.6 Å². The first-order valence-corrected chi connectivity index (χ1v) is 18.6. The molecule has 0 spiro atoms. The second kappa shape index (κ2) is 13.6. The summed E-state index contributed by atoms with van der Waals surface area (Å²) < 4.78 is 39.7. The maximum atomic E-state index is 15.7. The Hall–Kier alpha value is -7.60. The third kappa shape index (κ3) is 5.93. The molecule has 0 N–H and O–H groups in total. The van der Waals surface area contributed by atoms with Gasteiger partial charge in [0.15, 0.2) is 7.05 Å². The Bertz CT molecular complexity index is 3420.